The summed E-state index contributed by atoms with van der Waals surface area (Å²) in [4.78, 5) is 1.06. The molecule has 1 N–H and O–H groups in total. The summed E-state index contributed by atoms with van der Waals surface area (Å²) in [5.74, 6) is 0.514. The molecule has 0 spiro atoms. The minimum atomic E-state index is -3.28. The van der Waals surface area contributed by atoms with Gasteiger partial charge in [0.05, 0.1) is 0 Å². The van der Waals surface area contributed by atoms with Gasteiger partial charge in [0, 0.05) is 24.5 Å². The van der Waals surface area contributed by atoms with Crippen LogP contribution in [-0.4, -0.2) is 32.9 Å². The third kappa shape index (κ3) is 3.37. The van der Waals surface area contributed by atoms with Crippen LogP contribution in [0.2, 0.25) is 0 Å². The van der Waals surface area contributed by atoms with Crippen LogP contribution in [0.1, 0.15) is 31.1 Å². The second-order valence-electron chi connectivity index (χ2n) is 5.03. The lowest BCUT2D eigenvalue weighted by molar-refractivity contribution is 0.262. The molecule has 1 saturated heterocycles. The van der Waals surface area contributed by atoms with E-state index < -0.39 is 10.0 Å². The van der Waals surface area contributed by atoms with Crippen molar-refractivity contribution in [1.82, 2.24) is 9.62 Å². The Morgan fingerprint density at radius 1 is 1.47 bits per heavy atom. The van der Waals surface area contributed by atoms with Gasteiger partial charge in [0.2, 0.25) is 0 Å². The van der Waals surface area contributed by atoms with Gasteiger partial charge in [-0.15, -0.1) is 11.3 Å². The van der Waals surface area contributed by atoms with Crippen molar-refractivity contribution in [2.75, 3.05) is 20.1 Å². The van der Waals surface area contributed by atoms with E-state index in [4.69, 9.17) is 0 Å². The minimum absolute atomic E-state index is 0.481. The van der Waals surface area contributed by atoms with Crippen molar-refractivity contribution in [2.45, 2.75) is 36.9 Å². The van der Waals surface area contributed by atoms with Gasteiger partial charge in [0.25, 0.3) is 10.0 Å². The maximum atomic E-state index is 12.6. The smallest absolute Gasteiger partial charge is 0.252 e. The lowest BCUT2D eigenvalue weighted by atomic mass is 9.97. The molecule has 0 aliphatic carbocycles. The van der Waals surface area contributed by atoms with Crippen LogP contribution in [0, 0.1) is 5.92 Å². The Bertz CT molecular complexity index is 510. The molecular weight excluding hydrogens is 280 g/mol. The molecule has 0 bridgehead atoms. The number of thiophene rings is 1. The van der Waals surface area contributed by atoms with Gasteiger partial charge in [-0.25, -0.2) is 8.42 Å². The van der Waals surface area contributed by atoms with Gasteiger partial charge in [-0.3, -0.25) is 0 Å². The third-order valence-electron chi connectivity index (χ3n) is 3.64. The zero-order valence-corrected chi connectivity index (χ0v) is 13.2. The fourth-order valence-corrected chi connectivity index (χ4v) is 5.55. The van der Waals surface area contributed by atoms with Crippen molar-refractivity contribution in [1.29, 1.82) is 0 Å². The van der Waals surface area contributed by atoms with Gasteiger partial charge in [-0.2, -0.15) is 4.31 Å². The van der Waals surface area contributed by atoms with E-state index in [1.807, 2.05) is 13.1 Å². The molecule has 108 valence electrons. The SMILES string of the molecule is CCC1CCCN(S(=O)(=O)c2ccc(CNC)s2)C1. The number of rotatable bonds is 5. The Morgan fingerprint density at radius 3 is 2.95 bits per heavy atom. The van der Waals surface area contributed by atoms with Crippen molar-refractivity contribution < 1.29 is 8.42 Å². The molecule has 4 nitrogen and oxygen atoms in total. The van der Waals surface area contributed by atoms with Crippen molar-refractivity contribution in [3.63, 3.8) is 0 Å². The van der Waals surface area contributed by atoms with Crippen LogP contribution < -0.4 is 5.32 Å². The number of hydrogen-bond donors (Lipinski definition) is 1. The van der Waals surface area contributed by atoms with E-state index >= 15 is 0 Å². The first-order valence-corrected chi connectivity index (χ1v) is 9.07. The first-order valence-electron chi connectivity index (χ1n) is 6.81. The Balaban J connectivity index is 2.16. The van der Waals surface area contributed by atoms with Gasteiger partial charge < -0.3 is 5.32 Å². The fraction of sp³-hybridized carbons (Fsp3) is 0.692. The normalized spacial score (nSPS) is 21.7. The number of sulfonamides is 1. The summed E-state index contributed by atoms with van der Waals surface area (Å²) in [7, 11) is -1.41. The maximum absolute atomic E-state index is 12.6. The Kier molecular flexibility index (Phi) is 5.00. The summed E-state index contributed by atoms with van der Waals surface area (Å²) < 4.78 is 27.3. The fourth-order valence-electron chi connectivity index (χ4n) is 2.47. The highest BCUT2D eigenvalue weighted by atomic mass is 32.2. The van der Waals surface area contributed by atoms with E-state index in [-0.39, 0.29) is 0 Å². The molecule has 1 atom stereocenters. The number of piperidine rings is 1. The molecule has 2 heterocycles. The second-order valence-corrected chi connectivity index (χ2v) is 8.36. The van der Waals surface area contributed by atoms with E-state index in [2.05, 4.69) is 12.2 Å². The molecule has 1 aliphatic heterocycles. The third-order valence-corrected chi connectivity index (χ3v) is 7.06. The lowest BCUT2D eigenvalue weighted by Crippen LogP contribution is -2.39. The standard InChI is InChI=1S/C13H22N2O2S2/c1-3-11-5-4-8-15(10-11)19(16,17)13-7-6-12(18-13)9-14-2/h6-7,11,14H,3-5,8-10H2,1-2H3. The Morgan fingerprint density at radius 2 is 2.26 bits per heavy atom. The quantitative estimate of drug-likeness (QED) is 0.908. The zero-order valence-electron chi connectivity index (χ0n) is 11.6. The van der Waals surface area contributed by atoms with E-state index in [0.717, 1.165) is 30.7 Å². The Hall–Kier alpha value is -0.430. The van der Waals surface area contributed by atoms with Crippen molar-refractivity contribution >= 4 is 21.4 Å². The molecule has 1 aromatic heterocycles. The number of nitrogens with one attached hydrogen (secondary N) is 1. The molecule has 2 rings (SSSR count). The summed E-state index contributed by atoms with van der Waals surface area (Å²) in [6.45, 7) is 4.20. The zero-order chi connectivity index (χ0) is 13.9. The summed E-state index contributed by atoms with van der Waals surface area (Å²) in [5.41, 5.74) is 0. The van der Waals surface area contributed by atoms with E-state index in [0.29, 0.717) is 23.2 Å². The van der Waals surface area contributed by atoms with E-state index in [1.54, 1.807) is 10.4 Å². The van der Waals surface area contributed by atoms with Crippen LogP contribution in [0.4, 0.5) is 0 Å². The highest BCUT2D eigenvalue weighted by Crippen LogP contribution is 2.29. The van der Waals surface area contributed by atoms with Gasteiger partial charge in [0.1, 0.15) is 4.21 Å². The van der Waals surface area contributed by atoms with Crippen LogP contribution >= 0.6 is 11.3 Å². The molecule has 0 amide bonds. The molecule has 1 unspecified atom stereocenters. The average molecular weight is 302 g/mol. The van der Waals surface area contributed by atoms with Crippen LogP contribution in [0.25, 0.3) is 0 Å². The molecule has 0 aromatic carbocycles. The van der Waals surface area contributed by atoms with Gasteiger partial charge in [-0.05, 0) is 37.9 Å². The molecular formula is C13H22N2O2S2. The maximum Gasteiger partial charge on any atom is 0.252 e. The molecule has 19 heavy (non-hydrogen) atoms. The predicted octanol–water partition coefficient (Wildman–Crippen LogP) is 2.28. The highest BCUT2D eigenvalue weighted by molar-refractivity contribution is 7.91. The summed E-state index contributed by atoms with van der Waals surface area (Å²) in [5, 5.41) is 3.05. The molecule has 1 aliphatic rings. The van der Waals surface area contributed by atoms with Crippen LogP contribution in [0.15, 0.2) is 16.3 Å². The largest absolute Gasteiger partial charge is 0.315 e. The van der Waals surface area contributed by atoms with Crippen molar-refractivity contribution in [3.05, 3.63) is 17.0 Å². The van der Waals surface area contributed by atoms with Crippen LogP contribution in [-0.2, 0) is 16.6 Å². The molecule has 1 fully saturated rings. The predicted molar refractivity (Wildman–Crippen MR) is 78.9 cm³/mol. The van der Waals surface area contributed by atoms with E-state index in [9.17, 15) is 8.42 Å². The van der Waals surface area contributed by atoms with Gasteiger partial charge >= 0.3 is 0 Å². The Labute approximate surface area is 119 Å². The molecule has 0 saturated carbocycles. The average Bonchev–Trinajstić information content (AvgIpc) is 2.88. The van der Waals surface area contributed by atoms with Gasteiger partial charge in [-0.1, -0.05) is 13.3 Å². The number of hydrogen-bond acceptors (Lipinski definition) is 4. The van der Waals surface area contributed by atoms with Gasteiger partial charge in [0.15, 0.2) is 0 Å². The van der Waals surface area contributed by atoms with E-state index in [1.165, 1.54) is 11.3 Å². The van der Waals surface area contributed by atoms with Crippen molar-refractivity contribution in [2.24, 2.45) is 5.92 Å². The molecule has 6 heteroatoms. The van der Waals surface area contributed by atoms with Crippen LogP contribution in [0.3, 0.4) is 0 Å². The number of nitrogens with zero attached hydrogens (tertiary/aromatic N) is 1. The summed E-state index contributed by atoms with van der Waals surface area (Å²) in [6, 6.07) is 3.64. The first kappa shape index (κ1) is 15.0. The second kappa shape index (κ2) is 6.35. The topological polar surface area (TPSA) is 49.4 Å². The lowest BCUT2D eigenvalue weighted by Gasteiger charge is -2.30. The van der Waals surface area contributed by atoms with Crippen molar-refractivity contribution in [3.8, 4) is 0 Å². The summed E-state index contributed by atoms with van der Waals surface area (Å²) >= 11 is 1.37. The molecule has 1 aromatic rings. The van der Waals surface area contributed by atoms with Crippen LogP contribution in [0.5, 0.6) is 0 Å². The minimum Gasteiger partial charge on any atom is -0.315 e. The summed E-state index contributed by atoms with van der Waals surface area (Å²) in [6.07, 6.45) is 3.19. The monoisotopic (exact) mass is 302 g/mol. The molecule has 0 radical (unpaired) electrons. The highest BCUT2D eigenvalue weighted by Gasteiger charge is 2.30. The first-order chi connectivity index (χ1) is 9.07.